The van der Waals surface area contributed by atoms with Gasteiger partial charge in [-0.05, 0) is 38.3 Å². The maximum absolute atomic E-state index is 13.6. The van der Waals surface area contributed by atoms with Crippen molar-refractivity contribution in [3.8, 4) is 6.07 Å². The molecule has 1 aromatic heterocycles. The molecular weight excluding hydrogens is 528 g/mol. The second-order valence-corrected chi connectivity index (χ2v) is 11.4. The summed E-state index contributed by atoms with van der Waals surface area (Å²) in [4.78, 5) is 13.3. The zero-order valence-electron chi connectivity index (χ0n) is 19.3. The van der Waals surface area contributed by atoms with Crippen molar-refractivity contribution >= 4 is 21.6 Å². The van der Waals surface area contributed by atoms with Crippen LogP contribution in [0.4, 0.5) is 32.2 Å². The molecule has 2 atom stereocenters. The number of aromatic nitrogens is 2. The Morgan fingerprint density at radius 3 is 2.43 bits per heavy atom. The maximum atomic E-state index is 13.6. The van der Waals surface area contributed by atoms with Crippen LogP contribution in [0, 0.1) is 18.3 Å². The molecule has 1 aromatic carbocycles. The zero-order valence-corrected chi connectivity index (χ0v) is 20.1. The van der Waals surface area contributed by atoms with E-state index in [1.54, 1.807) is 0 Å². The fraction of sp³-hybridized carbons (Fsp3) is 0.500. The Morgan fingerprint density at radius 1 is 1.22 bits per heavy atom. The number of sulfone groups is 1. The molecule has 1 saturated carbocycles. The number of benzene rings is 1. The fourth-order valence-corrected chi connectivity index (χ4v) is 6.32. The number of nitriles is 1. The average molecular weight is 549 g/mol. The van der Waals surface area contributed by atoms with Crippen molar-refractivity contribution in [2.45, 2.75) is 66.8 Å². The molecule has 8 nitrogen and oxygen atoms in total. The molecule has 1 amide bonds. The van der Waals surface area contributed by atoms with Gasteiger partial charge in [-0.25, -0.2) is 13.1 Å². The summed E-state index contributed by atoms with van der Waals surface area (Å²) in [6.07, 6.45) is -9.49. The van der Waals surface area contributed by atoms with Crippen LogP contribution in [0.15, 0.2) is 35.2 Å². The lowest BCUT2D eigenvalue weighted by Crippen LogP contribution is -2.48. The first-order chi connectivity index (χ1) is 17.1. The van der Waals surface area contributed by atoms with Crippen molar-refractivity contribution in [1.82, 2.24) is 15.1 Å². The molecule has 2 aliphatic rings. The Morgan fingerprint density at radius 2 is 1.86 bits per heavy atom. The summed E-state index contributed by atoms with van der Waals surface area (Å²) in [5.41, 5.74) is -2.39. The minimum Gasteiger partial charge on any atom is -0.343 e. The highest BCUT2D eigenvalue weighted by Gasteiger charge is 2.51. The number of aryl methyl sites for hydroxylation is 1. The number of anilines is 1. The van der Waals surface area contributed by atoms with E-state index < -0.39 is 74.9 Å². The third-order valence-corrected chi connectivity index (χ3v) is 8.52. The molecule has 200 valence electrons. The highest BCUT2D eigenvalue weighted by molar-refractivity contribution is 7.92. The molecule has 2 fully saturated rings. The predicted molar refractivity (Wildman–Crippen MR) is 117 cm³/mol. The average Bonchev–Trinajstić information content (AvgIpc) is 3.25. The van der Waals surface area contributed by atoms with E-state index >= 15 is 0 Å². The van der Waals surface area contributed by atoms with E-state index in [2.05, 4.69) is 10.4 Å². The van der Waals surface area contributed by atoms with Gasteiger partial charge in [0.1, 0.15) is 23.9 Å². The van der Waals surface area contributed by atoms with E-state index in [0.717, 1.165) is 23.1 Å². The van der Waals surface area contributed by atoms with Crippen molar-refractivity contribution in [2.24, 2.45) is 0 Å². The van der Waals surface area contributed by atoms with Gasteiger partial charge < -0.3 is 10.2 Å². The van der Waals surface area contributed by atoms with E-state index in [-0.39, 0.29) is 11.5 Å². The number of hydrogen-bond acceptors (Lipinski definition) is 6. The van der Waals surface area contributed by atoms with Gasteiger partial charge in [0.15, 0.2) is 9.84 Å². The smallest absolute Gasteiger partial charge is 0.343 e. The van der Waals surface area contributed by atoms with Gasteiger partial charge in [0.05, 0.1) is 27.5 Å². The Kier molecular flexibility index (Phi) is 6.46. The number of amides is 1. The van der Waals surface area contributed by atoms with E-state index in [1.807, 2.05) is 6.07 Å². The molecular formula is C22H21F6N5O3S. The van der Waals surface area contributed by atoms with E-state index in [1.165, 1.54) is 13.0 Å². The van der Waals surface area contributed by atoms with Crippen molar-refractivity contribution in [1.29, 1.82) is 5.26 Å². The molecule has 4 rings (SSSR count). The summed E-state index contributed by atoms with van der Waals surface area (Å²) < 4.78 is 108. The first kappa shape index (κ1) is 26.8. The molecule has 2 aromatic rings. The highest BCUT2D eigenvalue weighted by atomic mass is 32.2. The third-order valence-electron chi connectivity index (χ3n) is 6.33. The van der Waals surface area contributed by atoms with Gasteiger partial charge in [0.2, 0.25) is 5.91 Å². The van der Waals surface area contributed by atoms with Crippen molar-refractivity contribution in [2.75, 3.05) is 11.4 Å². The van der Waals surface area contributed by atoms with E-state index in [4.69, 9.17) is 0 Å². The summed E-state index contributed by atoms with van der Waals surface area (Å²) in [7, 11) is -4.69. The highest BCUT2D eigenvalue weighted by Crippen LogP contribution is 2.40. The first-order valence-electron chi connectivity index (χ1n) is 11.1. The summed E-state index contributed by atoms with van der Waals surface area (Å²) >= 11 is 0. The number of nitrogens with one attached hydrogen (secondary N) is 1. The molecule has 1 N–H and O–H groups in total. The van der Waals surface area contributed by atoms with Gasteiger partial charge >= 0.3 is 12.4 Å². The fourth-order valence-electron chi connectivity index (χ4n) is 4.41. The van der Waals surface area contributed by atoms with Crippen LogP contribution in [-0.4, -0.2) is 53.7 Å². The Balaban J connectivity index is 1.75. The molecule has 1 aliphatic heterocycles. The molecule has 0 bridgehead atoms. The maximum Gasteiger partial charge on any atom is 0.417 e. The van der Waals surface area contributed by atoms with Crippen LogP contribution in [0.5, 0.6) is 0 Å². The standard InChI is InChI=1S/C22H21F6N5O3S/c1-13-8-18(33(31-13)12-21(23,24)25)32-10-14(9-16(32)19(34)30-20(11-29)6-7-20)37(35,36)17-5-3-2-4-15(17)22(26,27)28/h2-5,8,14,16H,6-7,9-10,12H2,1H3,(H,30,34)/t14-,16+/m1/s1. The lowest BCUT2D eigenvalue weighted by atomic mass is 10.1. The van der Waals surface area contributed by atoms with Gasteiger partial charge in [0.25, 0.3) is 0 Å². The van der Waals surface area contributed by atoms with E-state index in [9.17, 15) is 44.8 Å². The van der Waals surface area contributed by atoms with Crippen molar-refractivity contribution in [3.63, 3.8) is 0 Å². The minimum atomic E-state index is -4.98. The van der Waals surface area contributed by atoms with Gasteiger partial charge in [-0.3, -0.25) is 4.79 Å². The zero-order chi connectivity index (χ0) is 27.4. The summed E-state index contributed by atoms with van der Waals surface area (Å²) in [6.45, 7) is -0.684. The molecule has 1 saturated heterocycles. The number of alkyl halides is 6. The lowest BCUT2D eigenvalue weighted by Gasteiger charge is -2.27. The second kappa shape index (κ2) is 8.93. The normalized spacial score (nSPS) is 21.5. The number of nitrogens with zero attached hydrogens (tertiary/aromatic N) is 4. The number of carbonyl (C=O) groups is 1. The monoisotopic (exact) mass is 549 g/mol. The van der Waals surface area contributed by atoms with Crippen LogP contribution in [0.1, 0.15) is 30.5 Å². The van der Waals surface area contributed by atoms with E-state index in [0.29, 0.717) is 23.6 Å². The number of halogens is 6. The number of rotatable bonds is 6. The van der Waals surface area contributed by atoms with Crippen LogP contribution in [0.25, 0.3) is 0 Å². The summed E-state index contributed by atoms with van der Waals surface area (Å²) in [5.74, 6) is -1.02. The van der Waals surface area contributed by atoms with Crippen molar-refractivity contribution in [3.05, 3.63) is 41.6 Å². The molecule has 15 heteroatoms. The van der Waals surface area contributed by atoms with Gasteiger partial charge in [-0.1, -0.05) is 12.1 Å². The summed E-state index contributed by atoms with van der Waals surface area (Å²) in [6, 6.07) is 5.40. The van der Waals surface area contributed by atoms with Crippen LogP contribution in [0.3, 0.4) is 0 Å². The Hall–Kier alpha value is -3.28. The second-order valence-electron chi connectivity index (χ2n) is 9.16. The van der Waals surface area contributed by atoms with Crippen LogP contribution in [-0.2, 0) is 27.4 Å². The van der Waals surface area contributed by atoms with Crippen LogP contribution >= 0.6 is 0 Å². The lowest BCUT2D eigenvalue weighted by molar-refractivity contribution is -0.142. The third kappa shape index (κ3) is 5.39. The quantitative estimate of drug-likeness (QED) is 0.554. The Bertz CT molecular complexity index is 1360. The molecule has 0 spiro atoms. The largest absolute Gasteiger partial charge is 0.417 e. The number of hydrogen-bond donors (Lipinski definition) is 1. The first-order valence-corrected chi connectivity index (χ1v) is 12.6. The molecule has 0 radical (unpaired) electrons. The SMILES string of the molecule is Cc1cc(N2C[C@H](S(=O)(=O)c3ccccc3C(F)(F)F)C[C@H]2C(=O)NC2(C#N)CC2)n(CC(F)(F)F)n1. The molecule has 37 heavy (non-hydrogen) atoms. The molecule has 0 unspecified atom stereocenters. The van der Waals surface area contributed by atoms with Gasteiger partial charge in [-0.2, -0.15) is 36.7 Å². The minimum absolute atomic E-state index is 0.155. The van der Waals surface area contributed by atoms with Crippen LogP contribution in [0.2, 0.25) is 0 Å². The van der Waals surface area contributed by atoms with Crippen molar-refractivity contribution < 1.29 is 39.6 Å². The van der Waals surface area contributed by atoms with Crippen LogP contribution < -0.4 is 10.2 Å². The Labute approximate surface area is 207 Å². The molecule has 2 heterocycles. The number of carbonyl (C=O) groups excluding carboxylic acids is 1. The van der Waals surface area contributed by atoms with Gasteiger partial charge in [0, 0.05) is 12.6 Å². The topological polar surface area (TPSA) is 108 Å². The van der Waals surface area contributed by atoms with Gasteiger partial charge in [-0.15, -0.1) is 0 Å². The summed E-state index contributed by atoms with van der Waals surface area (Å²) in [5, 5.41) is 14.1. The molecule has 1 aliphatic carbocycles. The predicted octanol–water partition coefficient (Wildman–Crippen LogP) is 3.37.